The second-order valence-corrected chi connectivity index (χ2v) is 6.09. The van der Waals surface area contributed by atoms with Crippen molar-refractivity contribution < 1.29 is 9.15 Å². The Balaban J connectivity index is 1.39. The van der Waals surface area contributed by atoms with Crippen molar-refractivity contribution in [2.24, 2.45) is 5.92 Å². The van der Waals surface area contributed by atoms with Crippen molar-refractivity contribution in [3.8, 4) is 11.5 Å². The third kappa shape index (κ3) is 3.14. The minimum Gasteiger partial charge on any atom is -0.436 e. The van der Waals surface area contributed by atoms with Gasteiger partial charge in [0.15, 0.2) is 5.58 Å². The van der Waals surface area contributed by atoms with Gasteiger partial charge in [0.2, 0.25) is 5.89 Å². The van der Waals surface area contributed by atoms with E-state index in [1.165, 1.54) is 12.0 Å². The van der Waals surface area contributed by atoms with Crippen LogP contribution in [0.25, 0.3) is 22.6 Å². The molecule has 0 amide bonds. The summed E-state index contributed by atoms with van der Waals surface area (Å²) in [5, 5.41) is 3.28. The van der Waals surface area contributed by atoms with Crippen molar-refractivity contribution in [1.29, 1.82) is 0 Å². The molecule has 1 fully saturated rings. The quantitative estimate of drug-likeness (QED) is 0.755. The zero-order chi connectivity index (χ0) is 15.6. The SMILES string of the molecule is CNC1CC1COCc1ccc(-c2nc3ccccc3o2)cc1. The van der Waals surface area contributed by atoms with Crippen LogP contribution in [0.2, 0.25) is 0 Å². The summed E-state index contributed by atoms with van der Waals surface area (Å²) in [6.45, 7) is 1.49. The zero-order valence-electron chi connectivity index (χ0n) is 13.2. The van der Waals surface area contributed by atoms with Crippen molar-refractivity contribution in [3.63, 3.8) is 0 Å². The van der Waals surface area contributed by atoms with E-state index in [1.54, 1.807) is 0 Å². The fourth-order valence-electron chi connectivity index (χ4n) is 2.85. The van der Waals surface area contributed by atoms with Crippen LogP contribution < -0.4 is 5.32 Å². The average molecular weight is 308 g/mol. The average Bonchev–Trinajstić information content (AvgIpc) is 3.21. The third-order valence-corrected chi connectivity index (χ3v) is 4.39. The first-order chi connectivity index (χ1) is 11.3. The number of nitrogens with zero attached hydrogens (tertiary/aromatic N) is 1. The summed E-state index contributed by atoms with van der Waals surface area (Å²) in [4.78, 5) is 4.52. The molecule has 1 saturated carbocycles. The Bertz CT molecular complexity index is 761. The Morgan fingerprint density at radius 3 is 2.74 bits per heavy atom. The molecule has 0 bridgehead atoms. The Hall–Kier alpha value is -2.17. The Morgan fingerprint density at radius 2 is 2.00 bits per heavy atom. The number of hydrogen-bond acceptors (Lipinski definition) is 4. The van der Waals surface area contributed by atoms with Crippen LogP contribution in [0, 0.1) is 5.92 Å². The van der Waals surface area contributed by atoms with E-state index in [9.17, 15) is 0 Å². The molecule has 1 N–H and O–H groups in total. The second-order valence-electron chi connectivity index (χ2n) is 6.09. The standard InChI is InChI=1S/C19H20N2O2/c1-20-17-10-15(17)12-22-11-13-6-8-14(9-7-13)19-21-16-4-2-3-5-18(16)23-19/h2-9,15,17,20H,10-12H2,1H3. The molecule has 0 saturated heterocycles. The highest BCUT2D eigenvalue weighted by molar-refractivity contribution is 5.75. The highest BCUT2D eigenvalue weighted by Crippen LogP contribution is 2.30. The molecule has 0 radical (unpaired) electrons. The topological polar surface area (TPSA) is 47.3 Å². The predicted molar refractivity (Wildman–Crippen MR) is 90.1 cm³/mol. The summed E-state index contributed by atoms with van der Waals surface area (Å²) < 4.78 is 11.6. The lowest BCUT2D eigenvalue weighted by Crippen LogP contribution is -2.13. The summed E-state index contributed by atoms with van der Waals surface area (Å²) >= 11 is 0. The maximum absolute atomic E-state index is 5.79. The fraction of sp³-hybridized carbons (Fsp3) is 0.316. The van der Waals surface area contributed by atoms with E-state index in [0.717, 1.165) is 23.3 Å². The molecule has 1 aromatic heterocycles. The fourth-order valence-corrected chi connectivity index (χ4v) is 2.85. The summed E-state index contributed by atoms with van der Waals surface area (Å²) in [6, 6.07) is 16.7. The van der Waals surface area contributed by atoms with E-state index in [0.29, 0.717) is 24.5 Å². The molecule has 3 aromatic rings. The van der Waals surface area contributed by atoms with Crippen molar-refractivity contribution in [3.05, 3.63) is 54.1 Å². The largest absolute Gasteiger partial charge is 0.436 e. The van der Waals surface area contributed by atoms with E-state index in [2.05, 4.69) is 22.4 Å². The van der Waals surface area contributed by atoms with Crippen LogP contribution in [0.4, 0.5) is 0 Å². The Morgan fingerprint density at radius 1 is 1.17 bits per heavy atom. The number of rotatable bonds is 6. The maximum Gasteiger partial charge on any atom is 0.227 e. The van der Waals surface area contributed by atoms with Gasteiger partial charge in [-0.05, 0) is 49.2 Å². The van der Waals surface area contributed by atoms with E-state index in [-0.39, 0.29) is 0 Å². The van der Waals surface area contributed by atoms with E-state index in [4.69, 9.17) is 9.15 Å². The number of oxazole rings is 1. The van der Waals surface area contributed by atoms with Gasteiger partial charge in [-0.2, -0.15) is 0 Å². The van der Waals surface area contributed by atoms with Gasteiger partial charge in [0.05, 0.1) is 13.2 Å². The lowest BCUT2D eigenvalue weighted by Gasteiger charge is -2.04. The number of nitrogens with one attached hydrogen (secondary N) is 1. The van der Waals surface area contributed by atoms with E-state index < -0.39 is 0 Å². The first-order valence-electron chi connectivity index (χ1n) is 8.03. The van der Waals surface area contributed by atoms with Crippen LogP contribution in [0.1, 0.15) is 12.0 Å². The van der Waals surface area contributed by atoms with Crippen LogP contribution in [-0.4, -0.2) is 24.7 Å². The lowest BCUT2D eigenvalue weighted by molar-refractivity contribution is 0.109. The number of ether oxygens (including phenoxy) is 1. The van der Waals surface area contributed by atoms with Gasteiger partial charge in [-0.25, -0.2) is 4.98 Å². The molecule has 23 heavy (non-hydrogen) atoms. The van der Waals surface area contributed by atoms with Gasteiger partial charge in [-0.3, -0.25) is 0 Å². The molecule has 0 aliphatic heterocycles. The van der Waals surface area contributed by atoms with Gasteiger partial charge in [-0.15, -0.1) is 0 Å². The van der Waals surface area contributed by atoms with Gasteiger partial charge in [0, 0.05) is 11.6 Å². The van der Waals surface area contributed by atoms with Gasteiger partial charge in [0.1, 0.15) is 5.52 Å². The van der Waals surface area contributed by atoms with Crippen molar-refractivity contribution in [2.75, 3.05) is 13.7 Å². The number of aromatic nitrogens is 1. The highest BCUT2D eigenvalue weighted by atomic mass is 16.5. The number of hydrogen-bond donors (Lipinski definition) is 1. The maximum atomic E-state index is 5.79. The molecule has 1 aliphatic rings. The minimum atomic E-state index is 0.650. The highest BCUT2D eigenvalue weighted by Gasteiger charge is 2.35. The van der Waals surface area contributed by atoms with Crippen LogP contribution >= 0.6 is 0 Å². The molecule has 4 nitrogen and oxygen atoms in total. The molecule has 0 spiro atoms. The summed E-state index contributed by atoms with van der Waals surface area (Å²) in [5.74, 6) is 1.34. The first-order valence-corrected chi connectivity index (χ1v) is 8.03. The van der Waals surface area contributed by atoms with Crippen LogP contribution in [0.5, 0.6) is 0 Å². The summed E-state index contributed by atoms with van der Waals surface area (Å²) in [5.41, 5.74) is 3.87. The minimum absolute atomic E-state index is 0.650. The molecule has 2 aromatic carbocycles. The molecule has 4 rings (SSSR count). The van der Waals surface area contributed by atoms with Crippen molar-refractivity contribution >= 4 is 11.1 Å². The molecular weight excluding hydrogens is 288 g/mol. The number of benzene rings is 2. The van der Waals surface area contributed by atoms with Gasteiger partial charge in [-0.1, -0.05) is 24.3 Å². The summed E-state index contributed by atoms with van der Waals surface area (Å²) in [6.07, 6.45) is 1.23. The molecule has 2 atom stereocenters. The van der Waals surface area contributed by atoms with Gasteiger partial charge < -0.3 is 14.5 Å². The normalized spacial score (nSPS) is 20.0. The molecule has 4 heteroatoms. The van der Waals surface area contributed by atoms with Gasteiger partial charge in [0.25, 0.3) is 0 Å². The van der Waals surface area contributed by atoms with E-state index in [1.807, 2.05) is 43.4 Å². The molecule has 2 unspecified atom stereocenters. The molecule has 1 aliphatic carbocycles. The molecule has 118 valence electrons. The lowest BCUT2D eigenvalue weighted by atomic mass is 10.1. The van der Waals surface area contributed by atoms with Gasteiger partial charge >= 0.3 is 0 Å². The van der Waals surface area contributed by atoms with Crippen molar-refractivity contribution in [2.45, 2.75) is 19.1 Å². The van der Waals surface area contributed by atoms with Crippen LogP contribution in [0.15, 0.2) is 52.9 Å². The monoisotopic (exact) mass is 308 g/mol. The number of para-hydroxylation sites is 2. The molecular formula is C19H20N2O2. The molecule has 1 heterocycles. The number of fused-ring (bicyclic) bond motifs is 1. The van der Waals surface area contributed by atoms with E-state index >= 15 is 0 Å². The van der Waals surface area contributed by atoms with Crippen LogP contribution in [-0.2, 0) is 11.3 Å². The second kappa shape index (κ2) is 6.14. The predicted octanol–water partition coefficient (Wildman–Crippen LogP) is 3.62. The first kappa shape index (κ1) is 14.4. The smallest absolute Gasteiger partial charge is 0.227 e. The zero-order valence-corrected chi connectivity index (χ0v) is 13.2. The van der Waals surface area contributed by atoms with Crippen LogP contribution in [0.3, 0.4) is 0 Å². The Kier molecular flexibility index (Phi) is 3.85. The Labute approximate surface area is 135 Å². The van der Waals surface area contributed by atoms with Crippen molar-refractivity contribution in [1.82, 2.24) is 10.3 Å². The third-order valence-electron chi connectivity index (χ3n) is 4.39. The summed E-state index contributed by atoms with van der Waals surface area (Å²) in [7, 11) is 2.01.